The van der Waals surface area contributed by atoms with Gasteiger partial charge in [0.15, 0.2) is 6.10 Å². The molecule has 0 heterocycles. The number of nitriles is 1. The third-order valence-corrected chi connectivity index (χ3v) is 3.77. The lowest BCUT2D eigenvalue weighted by atomic mass is 10.1. The number of hydrogen-bond acceptors (Lipinski definition) is 4. The van der Waals surface area contributed by atoms with Crippen molar-refractivity contribution in [2.45, 2.75) is 13.0 Å². The number of carbonyl (C=O) groups is 2. The predicted octanol–water partition coefficient (Wildman–Crippen LogP) is 4.15. The van der Waals surface area contributed by atoms with Crippen LogP contribution >= 0.6 is 15.9 Å². The molecule has 2 aromatic carbocycles. The van der Waals surface area contributed by atoms with Crippen molar-refractivity contribution in [2.24, 2.45) is 0 Å². The molecule has 0 fully saturated rings. The number of Topliss-reactive ketones (excluding diaryl/α,β-unsaturated/α-hetero) is 1. The van der Waals surface area contributed by atoms with E-state index in [2.05, 4.69) is 15.9 Å². The first-order valence-corrected chi connectivity index (χ1v) is 7.97. The second kappa shape index (κ2) is 8.23. The van der Waals surface area contributed by atoms with E-state index in [9.17, 15) is 9.59 Å². The van der Waals surface area contributed by atoms with Gasteiger partial charge in [0.2, 0.25) is 5.78 Å². The molecule has 0 aromatic heterocycles. The number of hydrogen-bond donors (Lipinski definition) is 0. The number of ether oxygens (including phenoxy) is 1. The van der Waals surface area contributed by atoms with E-state index in [-0.39, 0.29) is 5.78 Å². The minimum atomic E-state index is -0.871. The third kappa shape index (κ3) is 4.90. The van der Waals surface area contributed by atoms with Gasteiger partial charge in [-0.05, 0) is 42.8 Å². The first-order chi connectivity index (χ1) is 11.5. The third-order valence-electron chi connectivity index (χ3n) is 3.24. The minimum Gasteiger partial charge on any atom is -0.451 e. The highest BCUT2D eigenvalue weighted by Crippen LogP contribution is 2.13. The maximum Gasteiger partial charge on any atom is 0.331 e. The van der Waals surface area contributed by atoms with Crippen LogP contribution in [0.3, 0.4) is 0 Å². The number of carbonyl (C=O) groups excluding carboxylic acids is 2. The molecule has 4 nitrogen and oxygen atoms in total. The fourth-order valence-corrected chi connectivity index (χ4v) is 2.21. The minimum absolute atomic E-state index is 0.261. The molecule has 2 rings (SSSR count). The van der Waals surface area contributed by atoms with Crippen molar-refractivity contribution in [3.63, 3.8) is 0 Å². The van der Waals surface area contributed by atoms with Gasteiger partial charge in [-0.2, -0.15) is 5.26 Å². The van der Waals surface area contributed by atoms with Crippen molar-refractivity contribution in [3.8, 4) is 6.07 Å². The Morgan fingerprint density at radius 1 is 1.12 bits per heavy atom. The van der Waals surface area contributed by atoms with Crippen LogP contribution in [0, 0.1) is 11.3 Å². The van der Waals surface area contributed by atoms with Crippen LogP contribution < -0.4 is 0 Å². The van der Waals surface area contributed by atoms with Crippen LogP contribution in [0.1, 0.15) is 28.4 Å². The van der Waals surface area contributed by atoms with Gasteiger partial charge in [-0.3, -0.25) is 4.79 Å². The zero-order valence-electron chi connectivity index (χ0n) is 12.9. The van der Waals surface area contributed by atoms with Crippen molar-refractivity contribution in [1.29, 1.82) is 5.26 Å². The van der Waals surface area contributed by atoms with Gasteiger partial charge >= 0.3 is 5.97 Å². The zero-order valence-corrected chi connectivity index (χ0v) is 14.5. The Labute approximate surface area is 148 Å². The molecule has 0 spiro atoms. The van der Waals surface area contributed by atoms with Gasteiger partial charge in [0.05, 0.1) is 11.6 Å². The molecule has 0 amide bonds. The second-order valence-corrected chi connectivity index (χ2v) is 5.93. The van der Waals surface area contributed by atoms with E-state index in [1.54, 1.807) is 54.6 Å². The van der Waals surface area contributed by atoms with E-state index in [0.29, 0.717) is 11.1 Å². The number of halogens is 1. The van der Waals surface area contributed by atoms with Crippen LogP contribution in [0.15, 0.2) is 59.1 Å². The van der Waals surface area contributed by atoms with E-state index < -0.39 is 12.1 Å². The summed E-state index contributed by atoms with van der Waals surface area (Å²) in [6.45, 7) is 1.54. The lowest BCUT2D eigenvalue weighted by molar-refractivity contribution is -0.140. The van der Waals surface area contributed by atoms with Crippen LogP contribution in [-0.2, 0) is 9.53 Å². The summed E-state index contributed by atoms with van der Waals surface area (Å²) in [5.41, 5.74) is 1.79. The highest BCUT2D eigenvalue weighted by molar-refractivity contribution is 9.10. The average molecular weight is 384 g/mol. The molecule has 120 valence electrons. The standard InChI is InChI=1S/C19H14BrNO3/c1-13(19(23)16-7-9-17(20)10-8-16)24-18(22)11-6-14-2-4-15(12-21)5-3-14/h2-11,13H,1H3/b11-6+/t13-/m1/s1. The summed E-state index contributed by atoms with van der Waals surface area (Å²) in [7, 11) is 0. The van der Waals surface area contributed by atoms with Gasteiger partial charge < -0.3 is 4.74 Å². The molecule has 0 aliphatic rings. The summed E-state index contributed by atoms with van der Waals surface area (Å²) in [4.78, 5) is 24.0. The molecular formula is C19H14BrNO3. The summed E-state index contributed by atoms with van der Waals surface area (Å²) >= 11 is 3.30. The van der Waals surface area contributed by atoms with Gasteiger partial charge in [-0.1, -0.05) is 40.2 Å². The van der Waals surface area contributed by atoms with Gasteiger partial charge in [-0.25, -0.2) is 4.79 Å². The van der Waals surface area contributed by atoms with E-state index in [1.165, 1.54) is 13.0 Å². The Morgan fingerprint density at radius 2 is 1.75 bits per heavy atom. The molecule has 0 saturated heterocycles. The van der Waals surface area contributed by atoms with Gasteiger partial charge in [0.1, 0.15) is 0 Å². The molecule has 0 unspecified atom stereocenters. The molecule has 2 aromatic rings. The van der Waals surface area contributed by atoms with Crippen LogP contribution in [0.25, 0.3) is 6.08 Å². The van der Waals surface area contributed by atoms with E-state index in [1.807, 2.05) is 6.07 Å². The Hall–Kier alpha value is -2.71. The summed E-state index contributed by atoms with van der Waals surface area (Å²) < 4.78 is 5.99. The van der Waals surface area contributed by atoms with Crippen LogP contribution in [0.5, 0.6) is 0 Å². The van der Waals surface area contributed by atoms with Crippen LogP contribution in [0.2, 0.25) is 0 Å². The molecular weight excluding hydrogens is 370 g/mol. The van der Waals surface area contributed by atoms with Gasteiger partial charge in [0.25, 0.3) is 0 Å². The van der Waals surface area contributed by atoms with Crippen molar-refractivity contribution >= 4 is 33.8 Å². The van der Waals surface area contributed by atoms with Crippen LogP contribution in [0.4, 0.5) is 0 Å². The highest BCUT2D eigenvalue weighted by atomic mass is 79.9. The molecule has 0 aliphatic carbocycles. The number of esters is 1. The summed E-state index contributed by atoms with van der Waals surface area (Å²) in [5.74, 6) is -0.861. The highest BCUT2D eigenvalue weighted by Gasteiger charge is 2.18. The monoisotopic (exact) mass is 383 g/mol. The SMILES string of the molecule is C[C@@H](OC(=O)/C=C/c1ccc(C#N)cc1)C(=O)c1ccc(Br)cc1. The maximum atomic E-state index is 12.2. The quantitative estimate of drug-likeness (QED) is 0.441. The molecule has 0 aliphatic heterocycles. The van der Waals surface area contributed by atoms with Crippen molar-refractivity contribution in [1.82, 2.24) is 0 Å². The Balaban J connectivity index is 1.95. The Bertz CT molecular complexity index is 802. The largest absolute Gasteiger partial charge is 0.451 e. The van der Waals surface area contributed by atoms with Crippen molar-refractivity contribution in [2.75, 3.05) is 0 Å². The van der Waals surface area contributed by atoms with Crippen molar-refractivity contribution in [3.05, 3.63) is 75.8 Å². The summed E-state index contributed by atoms with van der Waals surface area (Å²) in [6.07, 6.45) is 1.96. The molecule has 1 atom stereocenters. The number of nitrogens with zero attached hydrogens (tertiary/aromatic N) is 1. The fraction of sp³-hybridized carbons (Fsp3) is 0.105. The first kappa shape index (κ1) is 17.6. The summed E-state index contributed by atoms with van der Waals surface area (Å²) in [5, 5.41) is 8.73. The number of benzene rings is 2. The summed E-state index contributed by atoms with van der Waals surface area (Å²) in [6, 6.07) is 15.6. The smallest absolute Gasteiger partial charge is 0.331 e. The average Bonchev–Trinajstić information content (AvgIpc) is 2.60. The van der Waals surface area contributed by atoms with Crippen LogP contribution in [-0.4, -0.2) is 17.9 Å². The fourth-order valence-electron chi connectivity index (χ4n) is 1.95. The molecule has 24 heavy (non-hydrogen) atoms. The maximum absolute atomic E-state index is 12.2. The molecule has 5 heteroatoms. The lowest BCUT2D eigenvalue weighted by Crippen LogP contribution is -2.23. The van der Waals surface area contributed by atoms with E-state index in [0.717, 1.165) is 10.0 Å². The molecule has 0 N–H and O–H groups in total. The normalized spacial score (nSPS) is 11.7. The Kier molecular flexibility index (Phi) is 6.05. The molecule has 0 bridgehead atoms. The van der Waals surface area contributed by atoms with Gasteiger partial charge in [0, 0.05) is 16.1 Å². The topological polar surface area (TPSA) is 67.2 Å². The second-order valence-electron chi connectivity index (χ2n) is 5.02. The zero-order chi connectivity index (χ0) is 17.5. The van der Waals surface area contributed by atoms with Crippen molar-refractivity contribution < 1.29 is 14.3 Å². The van der Waals surface area contributed by atoms with E-state index in [4.69, 9.17) is 10.00 Å². The first-order valence-electron chi connectivity index (χ1n) is 7.18. The number of rotatable bonds is 5. The predicted molar refractivity (Wildman–Crippen MR) is 94.2 cm³/mol. The van der Waals surface area contributed by atoms with Gasteiger partial charge in [-0.15, -0.1) is 0 Å². The molecule has 0 saturated carbocycles. The molecule has 0 radical (unpaired) electrons. The Morgan fingerprint density at radius 3 is 2.33 bits per heavy atom. The number of ketones is 1. The lowest BCUT2D eigenvalue weighted by Gasteiger charge is -2.10. The van der Waals surface area contributed by atoms with E-state index >= 15 is 0 Å².